The topological polar surface area (TPSA) is 72.2 Å². The molecule has 24 heavy (non-hydrogen) atoms. The van der Waals surface area contributed by atoms with Gasteiger partial charge in [-0.15, -0.1) is 11.3 Å². The molecule has 1 aromatic carbocycles. The van der Waals surface area contributed by atoms with Gasteiger partial charge in [-0.2, -0.15) is 0 Å². The van der Waals surface area contributed by atoms with Crippen molar-refractivity contribution in [2.75, 3.05) is 5.32 Å². The smallest absolute Gasteiger partial charge is 0.263 e. The molecule has 0 atom stereocenters. The molecule has 3 N–H and O–H groups in total. The lowest BCUT2D eigenvalue weighted by Gasteiger charge is -2.11. The fourth-order valence-corrected chi connectivity index (χ4v) is 4.49. The number of amides is 2. The van der Waals surface area contributed by atoms with Crippen molar-refractivity contribution in [3.8, 4) is 0 Å². The number of rotatable bonds is 4. The maximum absolute atomic E-state index is 12.4. The second kappa shape index (κ2) is 7.32. The number of thiophene rings is 1. The third kappa shape index (κ3) is 3.60. The molecule has 0 unspecified atom stereocenters. The first-order valence-electron chi connectivity index (χ1n) is 7.74. The predicted octanol–water partition coefficient (Wildman–Crippen LogP) is 4.10. The Morgan fingerprint density at radius 3 is 2.58 bits per heavy atom. The van der Waals surface area contributed by atoms with Crippen LogP contribution in [0.5, 0.6) is 0 Å². The van der Waals surface area contributed by atoms with Gasteiger partial charge in [0.05, 0.1) is 10.0 Å². The molecule has 0 saturated heterocycles. The van der Waals surface area contributed by atoms with Crippen molar-refractivity contribution in [1.82, 2.24) is 0 Å². The fourth-order valence-electron chi connectivity index (χ4n) is 2.84. The van der Waals surface area contributed by atoms with Gasteiger partial charge in [-0.3, -0.25) is 9.59 Å². The summed E-state index contributed by atoms with van der Waals surface area (Å²) in [5.74, 6) is -0.771. The summed E-state index contributed by atoms with van der Waals surface area (Å²) < 4.78 is 0.399. The van der Waals surface area contributed by atoms with Crippen LogP contribution in [0.25, 0.3) is 6.08 Å². The van der Waals surface area contributed by atoms with Crippen molar-refractivity contribution >= 4 is 50.2 Å². The van der Waals surface area contributed by atoms with Gasteiger partial charge < -0.3 is 11.1 Å². The van der Waals surface area contributed by atoms with Gasteiger partial charge in [0.15, 0.2) is 0 Å². The van der Waals surface area contributed by atoms with Gasteiger partial charge in [0.2, 0.25) is 0 Å². The molecule has 0 radical (unpaired) electrons. The third-order valence-corrected chi connectivity index (χ3v) is 5.75. The maximum atomic E-state index is 12.4. The number of benzene rings is 1. The van der Waals surface area contributed by atoms with E-state index in [9.17, 15) is 9.59 Å². The van der Waals surface area contributed by atoms with E-state index in [0.29, 0.717) is 15.0 Å². The number of hydrogen-bond acceptors (Lipinski definition) is 3. The fraction of sp³-hybridized carbons (Fsp3) is 0.222. The summed E-state index contributed by atoms with van der Waals surface area (Å²) in [6.07, 6.45) is 5.69. The molecule has 1 aromatic heterocycles. The summed E-state index contributed by atoms with van der Waals surface area (Å²) in [6, 6.07) is 9.55. The molecule has 0 saturated carbocycles. The number of carbonyl (C=O) groups excluding carboxylic acids is 2. The summed E-state index contributed by atoms with van der Waals surface area (Å²) >= 11 is 4.77. The Hall–Kier alpha value is -1.92. The Bertz CT molecular complexity index is 812. The van der Waals surface area contributed by atoms with Crippen LogP contribution in [0.1, 0.15) is 39.2 Å². The Morgan fingerprint density at radius 2 is 1.88 bits per heavy atom. The first-order valence-corrected chi connectivity index (χ1v) is 9.35. The zero-order valence-electron chi connectivity index (χ0n) is 13.0. The molecule has 2 amide bonds. The summed E-state index contributed by atoms with van der Waals surface area (Å²) in [5, 5.41) is 3.39. The van der Waals surface area contributed by atoms with Crippen molar-refractivity contribution in [3.05, 3.63) is 56.4 Å². The van der Waals surface area contributed by atoms with Gasteiger partial charge in [-0.05, 0) is 58.8 Å². The van der Waals surface area contributed by atoms with E-state index in [0.717, 1.165) is 41.7 Å². The summed E-state index contributed by atoms with van der Waals surface area (Å²) in [5.41, 5.74) is 7.95. The van der Waals surface area contributed by atoms with Gasteiger partial charge in [0, 0.05) is 4.88 Å². The SMILES string of the molecule is NC(=O)c1c(NC(=O)/C(Br)=C/c2ccccc2)sc2c1CCCC2. The van der Waals surface area contributed by atoms with Gasteiger partial charge in [0.25, 0.3) is 11.8 Å². The van der Waals surface area contributed by atoms with Crippen LogP contribution in [-0.4, -0.2) is 11.8 Å². The molecule has 6 heteroatoms. The average molecular weight is 405 g/mol. The number of halogens is 1. The maximum Gasteiger partial charge on any atom is 0.263 e. The van der Waals surface area contributed by atoms with Crippen LogP contribution in [0.15, 0.2) is 34.8 Å². The van der Waals surface area contributed by atoms with Crippen molar-refractivity contribution in [1.29, 1.82) is 0 Å². The summed E-state index contributed by atoms with van der Waals surface area (Å²) in [7, 11) is 0. The molecular weight excluding hydrogens is 388 g/mol. The Kier molecular flexibility index (Phi) is 5.16. The highest BCUT2D eigenvalue weighted by atomic mass is 79.9. The Morgan fingerprint density at radius 1 is 1.17 bits per heavy atom. The van der Waals surface area contributed by atoms with Gasteiger partial charge in [0.1, 0.15) is 5.00 Å². The molecule has 2 aromatic rings. The number of hydrogen-bond donors (Lipinski definition) is 2. The van der Waals surface area contributed by atoms with Crippen LogP contribution in [0.3, 0.4) is 0 Å². The van der Waals surface area contributed by atoms with Crippen LogP contribution in [0.4, 0.5) is 5.00 Å². The van der Waals surface area contributed by atoms with Crippen molar-refractivity contribution in [2.45, 2.75) is 25.7 Å². The van der Waals surface area contributed by atoms with Gasteiger partial charge in [-0.25, -0.2) is 0 Å². The molecule has 1 aliphatic carbocycles. The third-order valence-electron chi connectivity index (χ3n) is 3.95. The molecule has 1 heterocycles. The van der Waals surface area contributed by atoms with Crippen LogP contribution in [-0.2, 0) is 17.6 Å². The lowest BCUT2D eigenvalue weighted by Crippen LogP contribution is -2.18. The zero-order valence-corrected chi connectivity index (χ0v) is 15.4. The van der Waals surface area contributed by atoms with Crippen LogP contribution in [0.2, 0.25) is 0 Å². The van der Waals surface area contributed by atoms with Crippen LogP contribution in [0, 0.1) is 0 Å². The highest BCUT2D eigenvalue weighted by Crippen LogP contribution is 2.38. The first-order chi connectivity index (χ1) is 11.6. The lowest BCUT2D eigenvalue weighted by molar-refractivity contribution is -0.112. The number of primary amides is 1. The number of fused-ring (bicyclic) bond motifs is 1. The average Bonchev–Trinajstić information content (AvgIpc) is 2.93. The minimum absolute atomic E-state index is 0.292. The zero-order chi connectivity index (χ0) is 17.1. The molecule has 1 aliphatic rings. The van der Waals surface area contributed by atoms with Crippen LogP contribution < -0.4 is 11.1 Å². The molecule has 0 spiro atoms. The minimum atomic E-state index is -0.479. The number of carbonyl (C=O) groups is 2. The quantitative estimate of drug-likeness (QED) is 0.752. The van der Waals surface area contributed by atoms with E-state index in [-0.39, 0.29) is 5.91 Å². The molecule has 0 bridgehead atoms. The van der Waals surface area contributed by atoms with E-state index in [1.807, 2.05) is 30.3 Å². The van der Waals surface area contributed by atoms with Gasteiger partial charge in [-0.1, -0.05) is 30.3 Å². The second-order valence-corrected chi connectivity index (χ2v) is 7.60. The molecule has 0 fully saturated rings. The van der Waals surface area contributed by atoms with Crippen molar-refractivity contribution in [2.24, 2.45) is 5.73 Å². The first kappa shape index (κ1) is 16.9. The monoisotopic (exact) mass is 404 g/mol. The van der Waals surface area contributed by atoms with Crippen molar-refractivity contribution < 1.29 is 9.59 Å². The summed E-state index contributed by atoms with van der Waals surface area (Å²) in [6.45, 7) is 0. The number of anilines is 1. The van der Waals surface area contributed by atoms with E-state index in [1.54, 1.807) is 6.08 Å². The minimum Gasteiger partial charge on any atom is -0.365 e. The Balaban J connectivity index is 1.85. The van der Waals surface area contributed by atoms with E-state index in [4.69, 9.17) is 5.73 Å². The molecular formula is C18H17BrN2O2S. The van der Waals surface area contributed by atoms with E-state index in [2.05, 4.69) is 21.2 Å². The van der Waals surface area contributed by atoms with E-state index in [1.165, 1.54) is 11.3 Å². The van der Waals surface area contributed by atoms with Gasteiger partial charge >= 0.3 is 0 Å². The highest BCUT2D eigenvalue weighted by Gasteiger charge is 2.25. The molecule has 4 nitrogen and oxygen atoms in total. The number of nitrogens with two attached hydrogens (primary N) is 1. The van der Waals surface area contributed by atoms with Crippen molar-refractivity contribution in [3.63, 3.8) is 0 Å². The standard InChI is InChI=1S/C18H17BrN2O2S/c19-13(10-11-6-2-1-3-7-11)17(23)21-18-15(16(20)22)12-8-4-5-9-14(12)24-18/h1-3,6-7,10H,4-5,8-9H2,(H2,20,22)(H,21,23)/b13-10-. The molecule has 3 rings (SSSR count). The summed E-state index contributed by atoms with van der Waals surface area (Å²) in [4.78, 5) is 25.4. The molecule has 0 aliphatic heterocycles. The number of nitrogens with one attached hydrogen (secondary N) is 1. The Labute approximate surface area is 152 Å². The largest absolute Gasteiger partial charge is 0.365 e. The highest BCUT2D eigenvalue weighted by molar-refractivity contribution is 9.12. The number of aryl methyl sites for hydroxylation is 1. The predicted molar refractivity (Wildman–Crippen MR) is 101 cm³/mol. The second-order valence-electron chi connectivity index (χ2n) is 5.64. The van der Waals surface area contributed by atoms with Crippen LogP contribution >= 0.6 is 27.3 Å². The normalized spacial score (nSPS) is 14.1. The van der Waals surface area contributed by atoms with E-state index < -0.39 is 5.91 Å². The lowest BCUT2D eigenvalue weighted by atomic mass is 9.95. The molecule has 124 valence electrons. The van der Waals surface area contributed by atoms with E-state index >= 15 is 0 Å².